The second-order valence-corrected chi connectivity index (χ2v) is 8.66. The molecule has 0 saturated heterocycles. The lowest BCUT2D eigenvalue weighted by Gasteiger charge is -2.08. The Labute approximate surface area is 210 Å². The van der Waals surface area contributed by atoms with Crippen molar-refractivity contribution >= 4 is 52.6 Å². The van der Waals surface area contributed by atoms with Crippen LogP contribution >= 0.6 is 23.4 Å². The van der Waals surface area contributed by atoms with Gasteiger partial charge in [-0.2, -0.15) is 0 Å². The Morgan fingerprint density at radius 1 is 1.23 bits per heavy atom. The summed E-state index contributed by atoms with van der Waals surface area (Å²) in [5.74, 6) is -0.0639. The highest BCUT2D eigenvalue weighted by Gasteiger charge is 2.15. The van der Waals surface area contributed by atoms with Crippen molar-refractivity contribution < 1.29 is 14.5 Å². The molecule has 1 heterocycles. The zero-order chi connectivity index (χ0) is 25.4. The number of anilines is 1. The molecule has 0 fully saturated rings. The van der Waals surface area contributed by atoms with E-state index in [1.54, 1.807) is 41.8 Å². The van der Waals surface area contributed by atoms with Crippen molar-refractivity contribution in [2.75, 3.05) is 11.1 Å². The molecular formula is C23H23ClN6O4S. The summed E-state index contributed by atoms with van der Waals surface area (Å²) in [5.41, 5.74) is 1.53. The number of benzene rings is 2. The van der Waals surface area contributed by atoms with Crippen molar-refractivity contribution in [3.63, 3.8) is 0 Å². The number of aromatic nitrogens is 3. The smallest absolute Gasteiger partial charge is 0.274 e. The second-order valence-electron chi connectivity index (χ2n) is 7.31. The van der Waals surface area contributed by atoms with Gasteiger partial charge in [-0.15, -0.1) is 10.2 Å². The zero-order valence-corrected chi connectivity index (χ0v) is 20.6. The predicted molar refractivity (Wildman–Crippen MR) is 135 cm³/mol. The maximum absolute atomic E-state index is 12.4. The van der Waals surface area contributed by atoms with Crippen LogP contribution in [-0.2, 0) is 22.7 Å². The molecule has 0 unspecified atom stereocenters. The predicted octanol–water partition coefficient (Wildman–Crippen LogP) is 4.23. The number of nitrogens with one attached hydrogen (secondary N) is 2. The van der Waals surface area contributed by atoms with Crippen molar-refractivity contribution in [1.29, 1.82) is 0 Å². The maximum Gasteiger partial charge on any atom is 0.274 e. The van der Waals surface area contributed by atoms with Gasteiger partial charge in [0.2, 0.25) is 11.8 Å². The first-order chi connectivity index (χ1) is 16.8. The number of carbonyl (C=O) groups is 2. The Kier molecular flexibility index (Phi) is 8.98. The van der Waals surface area contributed by atoms with Crippen LogP contribution in [0.5, 0.6) is 0 Å². The third-order valence-corrected chi connectivity index (χ3v) is 6.18. The molecule has 2 N–H and O–H groups in total. The molecule has 0 aliphatic heterocycles. The number of nitro benzene ring substituents is 1. The molecule has 0 aliphatic carbocycles. The summed E-state index contributed by atoms with van der Waals surface area (Å²) >= 11 is 7.26. The number of amides is 2. The Bertz CT molecular complexity index is 1280. The van der Waals surface area contributed by atoms with Crippen LogP contribution in [0.4, 0.5) is 11.4 Å². The van der Waals surface area contributed by atoms with Gasteiger partial charge in [0.1, 0.15) is 0 Å². The molecule has 3 rings (SSSR count). The van der Waals surface area contributed by atoms with E-state index in [4.69, 9.17) is 11.6 Å². The summed E-state index contributed by atoms with van der Waals surface area (Å²) in [6.45, 7) is 4.24. The van der Waals surface area contributed by atoms with E-state index in [0.29, 0.717) is 33.8 Å². The molecule has 1 aromatic heterocycles. The largest absolute Gasteiger partial charge is 0.345 e. The van der Waals surface area contributed by atoms with Crippen LogP contribution < -0.4 is 10.6 Å². The fraction of sp³-hybridized carbons (Fsp3) is 0.217. The standard InChI is InChI=1S/C23H23ClN6O4S/c1-3-29-20(13-25-21(31)11-9-16-6-4-5-7-18(16)24)27-28-23(29)35-14-22(32)26-17-10-8-15(2)19(12-17)30(33)34/h4-12H,3,13-14H2,1-2H3,(H,25,31)(H,26,32). The fourth-order valence-electron chi connectivity index (χ4n) is 3.09. The summed E-state index contributed by atoms with van der Waals surface area (Å²) in [7, 11) is 0. The molecule has 35 heavy (non-hydrogen) atoms. The van der Waals surface area contributed by atoms with Crippen LogP contribution in [0, 0.1) is 17.0 Å². The lowest BCUT2D eigenvalue weighted by Crippen LogP contribution is -2.22. The number of thioether (sulfide) groups is 1. The lowest BCUT2D eigenvalue weighted by molar-refractivity contribution is -0.385. The number of nitro groups is 1. The molecule has 10 nitrogen and oxygen atoms in total. The first-order valence-corrected chi connectivity index (χ1v) is 11.9. The second kappa shape index (κ2) is 12.1. The first-order valence-electron chi connectivity index (χ1n) is 10.6. The van der Waals surface area contributed by atoms with Gasteiger partial charge in [-0.25, -0.2) is 0 Å². The number of rotatable bonds is 10. The van der Waals surface area contributed by atoms with Gasteiger partial charge in [0.15, 0.2) is 11.0 Å². The van der Waals surface area contributed by atoms with E-state index >= 15 is 0 Å². The van der Waals surface area contributed by atoms with Crippen molar-refractivity contribution in [3.8, 4) is 0 Å². The molecule has 2 aromatic carbocycles. The third kappa shape index (κ3) is 7.14. The summed E-state index contributed by atoms with van der Waals surface area (Å²) < 4.78 is 1.80. The van der Waals surface area contributed by atoms with Gasteiger partial charge < -0.3 is 15.2 Å². The van der Waals surface area contributed by atoms with Crippen LogP contribution in [0.1, 0.15) is 23.9 Å². The van der Waals surface area contributed by atoms with E-state index in [1.807, 2.05) is 19.1 Å². The SMILES string of the molecule is CCn1c(CNC(=O)C=Cc2ccccc2Cl)nnc1SCC(=O)Nc1ccc(C)c([N+](=O)[O-])c1. The number of carbonyl (C=O) groups excluding carboxylic acids is 2. The first kappa shape index (κ1) is 25.9. The molecule has 0 spiro atoms. The number of halogens is 1. The Morgan fingerprint density at radius 2 is 2.00 bits per heavy atom. The van der Waals surface area contributed by atoms with Gasteiger partial charge in [-0.1, -0.05) is 47.6 Å². The van der Waals surface area contributed by atoms with Crippen molar-refractivity contribution in [3.05, 3.63) is 80.6 Å². The molecule has 182 valence electrons. The fourth-order valence-corrected chi connectivity index (χ4v) is 4.11. The van der Waals surface area contributed by atoms with Crippen molar-refractivity contribution in [2.45, 2.75) is 32.1 Å². The lowest BCUT2D eigenvalue weighted by atomic mass is 10.2. The highest BCUT2D eigenvalue weighted by molar-refractivity contribution is 7.99. The minimum absolute atomic E-state index is 0.0345. The van der Waals surface area contributed by atoms with E-state index in [1.165, 1.54) is 23.9 Å². The third-order valence-electron chi connectivity index (χ3n) is 4.87. The van der Waals surface area contributed by atoms with Gasteiger partial charge in [0.25, 0.3) is 5.69 Å². The number of nitrogens with zero attached hydrogens (tertiary/aromatic N) is 4. The van der Waals surface area contributed by atoms with Crippen LogP contribution in [0.2, 0.25) is 5.02 Å². The Hall–Kier alpha value is -3.70. The van der Waals surface area contributed by atoms with E-state index in [9.17, 15) is 19.7 Å². The monoisotopic (exact) mass is 514 g/mol. The highest BCUT2D eigenvalue weighted by atomic mass is 35.5. The van der Waals surface area contributed by atoms with E-state index in [-0.39, 0.29) is 29.8 Å². The molecule has 0 atom stereocenters. The van der Waals surface area contributed by atoms with E-state index in [2.05, 4.69) is 20.8 Å². The molecule has 0 aliphatic rings. The molecule has 2 amide bonds. The summed E-state index contributed by atoms with van der Waals surface area (Å²) in [5, 5.41) is 25.8. The van der Waals surface area contributed by atoms with Crippen LogP contribution in [0.25, 0.3) is 6.08 Å². The topological polar surface area (TPSA) is 132 Å². The molecule has 3 aromatic rings. The molecule has 0 saturated carbocycles. The molecule has 0 bridgehead atoms. The minimum Gasteiger partial charge on any atom is -0.345 e. The Balaban J connectivity index is 1.55. The van der Waals surface area contributed by atoms with Gasteiger partial charge in [0, 0.05) is 35.0 Å². The summed E-state index contributed by atoms with van der Waals surface area (Å²) in [6.07, 6.45) is 3.02. The Morgan fingerprint density at radius 3 is 2.71 bits per heavy atom. The number of hydrogen-bond donors (Lipinski definition) is 2. The molecule has 0 radical (unpaired) electrons. The number of aryl methyl sites for hydroxylation is 1. The average molecular weight is 515 g/mol. The summed E-state index contributed by atoms with van der Waals surface area (Å²) in [4.78, 5) is 35.1. The summed E-state index contributed by atoms with van der Waals surface area (Å²) in [6, 6.07) is 11.7. The van der Waals surface area contributed by atoms with Gasteiger partial charge >= 0.3 is 0 Å². The highest BCUT2D eigenvalue weighted by Crippen LogP contribution is 2.23. The van der Waals surface area contributed by atoms with Crippen LogP contribution in [-0.4, -0.2) is 37.3 Å². The van der Waals surface area contributed by atoms with Crippen LogP contribution in [0.15, 0.2) is 53.7 Å². The zero-order valence-electron chi connectivity index (χ0n) is 19.0. The molecule has 12 heteroatoms. The minimum atomic E-state index is -0.490. The number of hydrogen-bond acceptors (Lipinski definition) is 7. The molecular weight excluding hydrogens is 492 g/mol. The van der Waals surface area contributed by atoms with Crippen molar-refractivity contribution in [1.82, 2.24) is 20.1 Å². The van der Waals surface area contributed by atoms with Crippen LogP contribution in [0.3, 0.4) is 0 Å². The average Bonchev–Trinajstić information content (AvgIpc) is 3.23. The van der Waals surface area contributed by atoms with Gasteiger partial charge in [-0.3, -0.25) is 19.7 Å². The normalized spacial score (nSPS) is 10.9. The van der Waals surface area contributed by atoms with E-state index < -0.39 is 4.92 Å². The van der Waals surface area contributed by atoms with Crippen molar-refractivity contribution in [2.24, 2.45) is 0 Å². The van der Waals surface area contributed by atoms with Gasteiger partial charge in [0.05, 0.1) is 17.2 Å². The quantitative estimate of drug-likeness (QED) is 0.179. The maximum atomic E-state index is 12.4. The van der Waals surface area contributed by atoms with E-state index in [0.717, 1.165) is 5.56 Å². The van der Waals surface area contributed by atoms with Gasteiger partial charge in [-0.05, 0) is 37.6 Å².